The van der Waals surface area contributed by atoms with Crippen molar-refractivity contribution < 1.29 is 9.53 Å². The fourth-order valence-electron chi connectivity index (χ4n) is 2.05. The van der Waals surface area contributed by atoms with Gasteiger partial charge in [-0.25, -0.2) is 4.79 Å². The molecular formula is C11H16N2O2S. The van der Waals surface area contributed by atoms with Crippen molar-refractivity contribution in [1.82, 2.24) is 0 Å². The number of nitrogens with one attached hydrogen (secondary N) is 1. The van der Waals surface area contributed by atoms with Gasteiger partial charge in [0.05, 0.1) is 17.7 Å². The van der Waals surface area contributed by atoms with Gasteiger partial charge in [0, 0.05) is 11.6 Å². The summed E-state index contributed by atoms with van der Waals surface area (Å²) in [5.41, 5.74) is 7.45. The molecule has 0 spiro atoms. The molecule has 0 bridgehead atoms. The highest BCUT2D eigenvalue weighted by atomic mass is 32.1. The maximum Gasteiger partial charge on any atom is 0.341 e. The minimum atomic E-state index is -0.327. The van der Waals surface area contributed by atoms with Gasteiger partial charge in [0.25, 0.3) is 0 Å². The third-order valence-electron chi connectivity index (χ3n) is 2.99. The van der Waals surface area contributed by atoms with Crippen LogP contribution in [0, 0.1) is 0 Å². The second-order valence-electron chi connectivity index (χ2n) is 3.93. The van der Waals surface area contributed by atoms with Crippen LogP contribution < -0.4 is 11.1 Å². The number of nitrogen functional groups attached to an aromatic ring is 1. The molecular weight excluding hydrogens is 224 g/mol. The average Bonchev–Trinajstić information content (AvgIpc) is 2.62. The van der Waals surface area contributed by atoms with Gasteiger partial charge in [-0.2, -0.15) is 0 Å². The Bertz CT molecular complexity index is 414. The lowest BCUT2D eigenvalue weighted by molar-refractivity contribution is 0.0601. The van der Waals surface area contributed by atoms with Crippen LogP contribution in [-0.4, -0.2) is 19.1 Å². The molecule has 2 rings (SSSR count). The number of ether oxygens (including phenoxy) is 1. The lowest BCUT2D eigenvalue weighted by atomic mass is 9.98. The Morgan fingerprint density at radius 2 is 2.44 bits per heavy atom. The molecule has 1 aromatic rings. The molecule has 4 nitrogen and oxygen atoms in total. The van der Waals surface area contributed by atoms with Gasteiger partial charge in [0.2, 0.25) is 0 Å². The van der Waals surface area contributed by atoms with Crippen molar-refractivity contribution in [3.05, 3.63) is 11.1 Å². The number of rotatable bonds is 2. The summed E-state index contributed by atoms with van der Waals surface area (Å²) >= 11 is 1.45. The van der Waals surface area contributed by atoms with Crippen molar-refractivity contribution in [2.45, 2.75) is 32.2 Å². The smallest absolute Gasteiger partial charge is 0.341 e. The van der Waals surface area contributed by atoms with Crippen molar-refractivity contribution in [3.63, 3.8) is 0 Å². The van der Waals surface area contributed by atoms with E-state index in [1.165, 1.54) is 18.4 Å². The van der Waals surface area contributed by atoms with Crippen molar-refractivity contribution in [1.29, 1.82) is 0 Å². The summed E-state index contributed by atoms with van der Waals surface area (Å²) in [5.74, 6) is -0.327. The first kappa shape index (κ1) is 11.3. The number of esters is 1. The highest BCUT2D eigenvalue weighted by Crippen LogP contribution is 2.40. The second-order valence-corrected chi connectivity index (χ2v) is 4.98. The Balaban J connectivity index is 2.36. The third kappa shape index (κ3) is 1.75. The summed E-state index contributed by atoms with van der Waals surface area (Å²) in [6, 6.07) is 0.496. The number of hydrogen-bond donors (Lipinski definition) is 2. The van der Waals surface area contributed by atoms with Crippen LogP contribution in [0.5, 0.6) is 0 Å². The minimum Gasteiger partial charge on any atom is -0.465 e. The van der Waals surface area contributed by atoms with Gasteiger partial charge in [0.1, 0.15) is 5.00 Å². The fourth-order valence-corrected chi connectivity index (χ4v) is 3.13. The number of anilines is 2. The van der Waals surface area contributed by atoms with Crippen molar-refractivity contribution in [2.75, 3.05) is 18.2 Å². The highest BCUT2D eigenvalue weighted by Gasteiger charge is 2.27. The average molecular weight is 240 g/mol. The van der Waals surface area contributed by atoms with Gasteiger partial charge >= 0.3 is 5.97 Å². The summed E-state index contributed by atoms with van der Waals surface area (Å²) < 4.78 is 4.75. The van der Waals surface area contributed by atoms with E-state index in [9.17, 15) is 4.79 Å². The van der Waals surface area contributed by atoms with E-state index in [4.69, 9.17) is 10.5 Å². The van der Waals surface area contributed by atoms with Crippen molar-refractivity contribution in [2.24, 2.45) is 0 Å². The number of carbonyl (C=O) groups is 1. The second kappa shape index (κ2) is 4.33. The van der Waals surface area contributed by atoms with Crippen LogP contribution in [0.25, 0.3) is 0 Å². The van der Waals surface area contributed by atoms with E-state index in [-0.39, 0.29) is 5.97 Å². The predicted octanol–water partition coefficient (Wildman–Crippen LogP) is 2.25. The molecule has 0 aliphatic carbocycles. The normalized spacial score (nSPS) is 18.8. The van der Waals surface area contributed by atoms with Gasteiger partial charge in [-0.15, -0.1) is 11.3 Å². The minimum absolute atomic E-state index is 0.327. The molecule has 0 unspecified atom stereocenters. The zero-order chi connectivity index (χ0) is 11.7. The SMILES string of the molecule is CC[C@H]1CCc2c(sc(N)c2C(=O)OC)N1. The summed E-state index contributed by atoms with van der Waals surface area (Å²) in [5, 5.41) is 5.01. The Hall–Kier alpha value is -1.23. The van der Waals surface area contributed by atoms with Crippen molar-refractivity contribution in [3.8, 4) is 0 Å². The Morgan fingerprint density at radius 1 is 1.69 bits per heavy atom. The highest BCUT2D eigenvalue weighted by molar-refractivity contribution is 7.20. The Morgan fingerprint density at radius 3 is 3.06 bits per heavy atom. The number of thiophene rings is 1. The summed E-state index contributed by atoms with van der Waals surface area (Å²) in [4.78, 5) is 11.6. The first-order chi connectivity index (χ1) is 7.67. The first-order valence-corrected chi connectivity index (χ1v) is 6.25. The topological polar surface area (TPSA) is 64.4 Å². The Labute approximate surface area is 98.8 Å². The van der Waals surface area contributed by atoms with Crippen molar-refractivity contribution >= 4 is 27.3 Å². The lowest BCUT2D eigenvalue weighted by Crippen LogP contribution is -2.24. The number of methoxy groups -OCH3 is 1. The molecule has 0 saturated carbocycles. The molecule has 0 radical (unpaired) electrons. The van der Waals surface area contributed by atoms with Gasteiger partial charge in [-0.1, -0.05) is 6.92 Å². The fraction of sp³-hybridized carbons (Fsp3) is 0.545. The maximum atomic E-state index is 11.6. The van der Waals surface area contributed by atoms with Gasteiger partial charge in [-0.05, 0) is 19.3 Å². The van der Waals surface area contributed by atoms with E-state index >= 15 is 0 Å². The molecule has 0 saturated heterocycles. The maximum absolute atomic E-state index is 11.6. The van der Waals surface area contributed by atoms with Crippen LogP contribution in [0.4, 0.5) is 10.0 Å². The van der Waals surface area contributed by atoms with Crippen LogP contribution in [0.1, 0.15) is 35.7 Å². The number of carbonyl (C=O) groups excluding carboxylic acids is 1. The molecule has 2 heterocycles. The molecule has 1 atom stereocenters. The van der Waals surface area contributed by atoms with E-state index in [2.05, 4.69) is 12.2 Å². The number of fused-ring (bicyclic) bond motifs is 1. The number of nitrogens with two attached hydrogens (primary N) is 1. The first-order valence-electron chi connectivity index (χ1n) is 5.43. The third-order valence-corrected chi connectivity index (χ3v) is 3.99. The lowest BCUT2D eigenvalue weighted by Gasteiger charge is -2.23. The number of hydrogen-bond acceptors (Lipinski definition) is 5. The molecule has 0 amide bonds. The molecule has 3 N–H and O–H groups in total. The monoisotopic (exact) mass is 240 g/mol. The predicted molar refractivity (Wildman–Crippen MR) is 66.1 cm³/mol. The van der Waals surface area contributed by atoms with Crippen LogP contribution in [0.15, 0.2) is 0 Å². The summed E-state index contributed by atoms with van der Waals surface area (Å²) in [6.45, 7) is 2.15. The van der Waals surface area contributed by atoms with Gasteiger partial charge in [-0.3, -0.25) is 0 Å². The molecule has 0 aromatic carbocycles. The van der Waals surface area contributed by atoms with Crippen LogP contribution in [0.3, 0.4) is 0 Å². The molecule has 16 heavy (non-hydrogen) atoms. The van der Waals surface area contributed by atoms with E-state index in [0.29, 0.717) is 16.6 Å². The van der Waals surface area contributed by atoms with E-state index in [1.807, 2.05) is 0 Å². The molecule has 5 heteroatoms. The Kier molecular flexibility index (Phi) is 3.05. The zero-order valence-corrected chi connectivity index (χ0v) is 10.3. The zero-order valence-electron chi connectivity index (χ0n) is 9.50. The van der Waals surface area contributed by atoms with E-state index in [1.54, 1.807) is 0 Å². The molecule has 0 fully saturated rings. The largest absolute Gasteiger partial charge is 0.465 e. The van der Waals surface area contributed by atoms with E-state index < -0.39 is 0 Å². The molecule has 1 aromatic heterocycles. The molecule has 1 aliphatic rings. The molecule has 88 valence electrons. The van der Waals surface area contributed by atoms with Crippen LogP contribution in [0.2, 0.25) is 0 Å². The van der Waals surface area contributed by atoms with Crippen LogP contribution >= 0.6 is 11.3 Å². The van der Waals surface area contributed by atoms with E-state index in [0.717, 1.165) is 29.8 Å². The summed E-state index contributed by atoms with van der Waals surface area (Å²) in [7, 11) is 1.39. The quantitative estimate of drug-likeness (QED) is 0.778. The van der Waals surface area contributed by atoms with Crippen LogP contribution in [-0.2, 0) is 11.2 Å². The van der Waals surface area contributed by atoms with Gasteiger partial charge < -0.3 is 15.8 Å². The summed E-state index contributed by atoms with van der Waals surface area (Å²) in [6.07, 6.45) is 3.04. The molecule has 1 aliphatic heterocycles. The standard InChI is InChI=1S/C11H16N2O2S/c1-3-6-4-5-7-8(11(14)15-2)9(12)16-10(7)13-6/h6,13H,3-5,12H2,1-2H3/t6-/m0/s1. The van der Waals surface area contributed by atoms with Gasteiger partial charge in [0.15, 0.2) is 0 Å².